The summed E-state index contributed by atoms with van der Waals surface area (Å²) in [7, 11) is 0. The van der Waals surface area contributed by atoms with Gasteiger partial charge >= 0.3 is 102 Å². The SMILES string of the molecule is CCCCCCCCc1ccccc1[Se]. The first-order chi connectivity index (χ1) is 7.34. The van der Waals surface area contributed by atoms with Gasteiger partial charge < -0.3 is 0 Å². The van der Waals surface area contributed by atoms with Gasteiger partial charge in [0.05, 0.1) is 0 Å². The monoisotopic (exact) mass is 269 g/mol. The van der Waals surface area contributed by atoms with Crippen LogP contribution in [0.3, 0.4) is 0 Å². The third-order valence-corrected chi connectivity index (χ3v) is 3.61. The van der Waals surface area contributed by atoms with Crippen LogP contribution in [0.4, 0.5) is 0 Å². The minimum atomic E-state index is 1.23. The van der Waals surface area contributed by atoms with E-state index in [9.17, 15) is 0 Å². The summed E-state index contributed by atoms with van der Waals surface area (Å²) >= 11 is 3.13. The van der Waals surface area contributed by atoms with E-state index in [-0.39, 0.29) is 0 Å². The number of hydrogen-bond acceptors (Lipinski definition) is 0. The van der Waals surface area contributed by atoms with Crippen molar-refractivity contribution in [1.82, 2.24) is 0 Å². The fraction of sp³-hybridized carbons (Fsp3) is 0.571. The Hall–Kier alpha value is -0.261. The summed E-state index contributed by atoms with van der Waals surface area (Å²) in [4.78, 5) is 0. The second-order valence-corrected chi connectivity index (χ2v) is 5.05. The molecule has 1 rings (SSSR count). The van der Waals surface area contributed by atoms with Crippen molar-refractivity contribution in [3.8, 4) is 0 Å². The number of unbranched alkanes of at least 4 members (excludes halogenated alkanes) is 5. The van der Waals surface area contributed by atoms with E-state index in [0.717, 1.165) is 0 Å². The van der Waals surface area contributed by atoms with Crippen molar-refractivity contribution in [1.29, 1.82) is 0 Å². The quantitative estimate of drug-likeness (QED) is 0.525. The number of rotatable bonds is 7. The van der Waals surface area contributed by atoms with Crippen LogP contribution in [0.25, 0.3) is 0 Å². The molecule has 0 nitrogen and oxygen atoms in total. The Bertz CT molecular complexity index is 268. The zero-order valence-electron chi connectivity index (χ0n) is 9.67. The fourth-order valence-corrected chi connectivity index (χ4v) is 2.33. The van der Waals surface area contributed by atoms with E-state index in [1.807, 2.05) is 0 Å². The molecule has 0 amide bonds. The van der Waals surface area contributed by atoms with E-state index >= 15 is 0 Å². The van der Waals surface area contributed by atoms with Crippen molar-refractivity contribution in [3.05, 3.63) is 29.8 Å². The van der Waals surface area contributed by atoms with Gasteiger partial charge in [0.2, 0.25) is 0 Å². The van der Waals surface area contributed by atoms with Crippen LogP contribution in [0.5, 0.6) is 0 Å². The molecule has 1 aromatic carbocycles. The first kappa shape index (κ1) is 12.8. The number of hydrogen-bond donors (Lipinski definition) is 0. The summed E-state index contributed by atoms with van der Waals surface area (Å²) < 4.78 is 1.33. The summed E-state index contributed by atoms with van der Waals surface area (Å²) in [5.41, 5.74) is 1.48. The molecule has 0 atom stereocenters. The second-order valence-electron chi connectivity index (χ2n) is 4.13. The van der Waals surface area contributed by atoms with Crippen molar-refractivity contribution in [3.63, 3.8) is 0 Å². The fourth-order valence-electron chi connectivity index (χ4n) is 1.81. The molecule has 15 heavy (non-hydrogen) atoms. The molecule has 0 heterocycles. The first-order valence-corrected chi connectivity index (χ1v) is 6.95. The van der Waals surface area contributed by atoms with Gasteiger partial charge in [0.15, 0.2) is 0 Å². The number of aryl methyl sites for hydroxylation is 1. The molecule has 0 aliphatic heterocycles. The topological polar surface area (TPSA) is 0 Å². The molecular weight excluding hydrogens is 247 g/mol. The molecule has 1 radical (unpaired) electrons. The van der Waals surface area contributed by atoms with Gasteiger partial charge in [-0.3, -0.25) is 0 Å². The third-order valence-electron chi connectivity index (χ3n) is 2.77. The molecule has 0 N–H and O–H groups in total. The summed E-state index contributed by atoms with van der Waals surface area (Å²) in [6.07, 6.45) is 9.51. The average Bonchev–Trinajstić information content (AvgIpc) is 2.25. The second kappa shape index (κ2) is 7.96. The van der Waals surface area contributed by atoms with Gasteiger partial charge in [-0.25, -0.2) is 0 Å². The van der Waals surface area contributed by atoms with E-state index in [1.165, 1.54) is 55.0 Å². The molecule has 83 valence electrons. The van der Waals surface area contributed by atoms with Gasteiger partial charge in [0.25, 0.3) is 0 Å². The van der Waals surface area contributed by atoms with Crippen LogP contribution >= 0.6 is 0 Å². The molecule has 0 fully saturated rings. The van der Waals surface area contributed by atoms with Crippen molar-refractivity contribution >= 4 is 20.5 Å². The van der Waals surface area contributed by atoms with Crippen LogP contribution in [0.15, 0.2) is 24.3 Å². The Morgan fingerprint density at radius 2 is 1.60 bits per heavy atom. The maximum absolute atomic E-state index is 3.13. The van der Waals surface area contributed by atoms with E-state index < -0.39 is 0 Å². The van der Waals surface area contributed by atoms with Gasteiger partial charge in [-0.05, 0) is 0 Å². The van der Waals surface area contributed by atoms with E-state index in [0.29, 0.717) is 0 Å². The normalized spacial score (nSPS) is 10.5. The predicted octanol–water partition coefficient (Wildman–Crippen LogP) is 3.38. The van der Waals surface area contributed by atoms with Crippen molar-refractivity contribution < 1.29 is 0 Å². The molecule has 0 aromatic heterocycles. The zero-order valence-corrected chi connectivity index (χ0v) is 11.4. The van der Waals surface area contributed by atoms with Gasteiger partial charge in [-0.15, -0.1) is 0 Å². The molecule has 0 aliphatic rings. The van der Waals surface area contributed by atoms with E-state index in [4.69, 9.17) is 0 Å². The predicted molar refractivity (Wildman–Crippen MR) is 68.9 cm³/mol. The Morgan fingerprint density at radius 1 is 0.933 bits per heavy atom. The van der Waals surface area contributed by atoms with Crippen molar-refractivity contribution in [2.24, 2.45) is 0 Å². The van der Waals surface area contributed by atoms with Crippen molar-refractivity contribution in [2.45, 2.75) is 51.9 Å². The van der Waals surface area contributed by atoms with Crippen LogP contribution in [-0.2, 0) is 6.42 Å². The first-order valence-electron chi connectivity index (χ1n) is 6.09. The summed E-state index contributed by atoms with van der Waals surface area (Å²) in [6, 6.07) is 8.62. The summed E-state index contributed by atoms with van der Waals surface area (Å²) in [6.45, 7) is 2.27. The van der Waals surface area contributed by atoms with Crippen LogP contribution in [-0.4, -0.2) is 16.0 Å². The Morgan fingerprint density at radius 3 is 2.33 bits per heavy atom. The molecule has 0 aliphatic carbocycles. The summed E-state index contributed by atoms with van der Waals surface area (Å²) in [5.74, 6) is 0. The summed E-state index contributed by atoms with van der Waals surface area (Å²) in [5, 5.41) is 0. The molecule has 0 spiro atoms. The Labute approximate surface area is 102 Å². The van der Waals surface area contributed by atoms with Crippen molar-refractivity contribution in [2.75, 3.05) is 0 Å². The maximum atomic E-state index is 3.13. The van der Waals surface area contributed by atoms with Crippen LogP contribution < -0.4 is 4.46 Å². The third kappa shape index (κ3) is 5.39. The van der Waals surface area contributed by atoms with Gasteiger partial charge in [-0.1, -0.05) is 0 Å². The molecule has 0 bridgehead atoms. The Kier molecular flexibility index (Phi) is 6.79. The van der Waals surface area contributed by atoms with E-state index in [2.05, 4.69) is 47.2 Å². The molecule has 0 unspecified atom stereocenters. The van der Waals surface area contributed by atoms with Gasteiger partial charge in [0, 0.05) is 0 Å². The minimum absolute atomic E-state index is 1.23. The molecule has 0 saturated carbocycles. The number of benzene rings is 1. The van der Waals surface area contributed by atoms with Gasteiger partial charge in [0.1, 0.15) is 0 Å². The zero-order chi connectivity index (χ0) is 10.9. The van der Waals surface area contributed by atoms with E-state index in [1.54, 1.807) is 0 Å². The van der Waals surface area contributed by atoms with Crippen LogP contribution in [0.2, 0.25) is 0 Å². The molecule has 0 saturated heterocycles. The standard InChI is InChI=1S/C14H21Se/c1-2-3-4-5-6-7-10-13-11-8-9-12-14(13)15/h8-9,11-12H,2-7,10H2,1H3. The van der Waals surface area contributed by atoms with Gasteiger partial charge in [-0.2, -0.15) is 0 Å². The molecule has 1 aromatic rings. The molecular formula is C14H21Se. The van der Waals surface area contributed by atoms with Crippen LogP contribution in [0.1, 0.15) is 51.0 Å². The van der Waals surface area contributed by atoms with Crippen LogP contribution in [0, 0.1) is 0 Å². The Balaban J connectivity index is 2.12. The average molecular weight is 268 g/mol. The molecule has 1 heteroatoms.